The van der Waals surface area contributed by atoms with E-state index in [9.17, 15) is 10.1 Å². The molecule has 3 nitrogen and oxygen atoms in total. The molecule has 0 atom stereocenters. The van der Waals surface area contributed by atoms with Gasteiger partial charge in [-0.3, -0.25) is 0 Å². The van der Waals surface area contributed by atoms with Crippen LogP contribution in [0.2, 0.25) is 15.1 Å². The topological polar surface area (TPSA) is 50.1 Å². The van der Waals surface area contributed by atoms with Crippen LogP contribution in [-0.4, -0.2) is 5.97 Å². The second kappa shape index (κ2) is 8.95. The molecule has 0 saturated carbocycles. The molecular weight excluding hydrogens is 417 g/mol. The fourth-order valence-electron chi connectivity index (χ4n) is 2.46. The highest BCUT2D eigenvalue weighted by molar-refractivity contribution is 6.42. The van der Waals surface area contributed by atoms with E-state index in [1.165, 1.54) is 18.2 Å². The average molecular weight is 429 g/mol. The van der Waals surface area contributed by atoms with Gasteiger partial charge < -0.3 is 4.74 Å². The van der Waals surface area contributed by atoms with E-state index in [0.29, 0.717) is 32.5 Å². The normalized spacial score (nSPS) is 11.0. The summed E-state index contributed by atoms with van der Waals surface area (Å²) in [5.74, 6) is -0.219. The van der Waals surface area contributed by atoms with Crippen LogP contribution in [0, 0.1) is 11.3 Å². The number of allylic oxidation sites excluding steroid dienone is 1. The number of hydrogen-bond acceptors (Lipinski definition) is 3. The predicted octanol–water partition coefficient (Wildman–Crippen LogP) is 6.93. The number of nitriles is 1. The number of benzene rings is 3. The van der Waals surface area contributed by atoms with Crippen molar-refractivity contribution in [3.05, 3.63) is 98.5 Å². The highest BCUT2D eigenvalue weighted by Crippen LogP contribution is 2.25. The van der Waals surface area contributed by atoms with E-state index in [-0.39, 0.29) is 10.6 Å². The van der Waals surface area contributed by atoms with E-state index in [1.54, 1.807) is 54.6 Å². The molecule has 0 saturated heterocycles. The van der Waals surface area contributed by atoms with Gasteiger partial charge in [0.1, 0.15) is 5.75 Å². The molecule has 0 amide bonds. The molecule has 0 spiro atoms. The Balaban J connectivity index is 1.84. The molecule has 28 heavy (non-hydrogen) atoms. The Kier molecular flexibility index (Phi) is 6.38. The minimum absolute atomic E-state index is 0.271. The third-order valence-corrected chi connectivity index (χ3v) is 4.77. The van der Waals surface area contributed by atoms with Gasteiger partial charge in [-0.2, -0.15) is 5.26 Å². The van der Waals surface area contributed by atoms with E-state index < -0.39 is 5.97 Å². The van der Waals surface area contributed by atoms with Crippen molar-refractivity contribution < 1.29 is 9.53 Å². The van der Waals surface area contributed by atoms with Crippen molar-refractivity contribution in [2.24, 2.45) is 0 Å². The molecule has 0 aliphatic carbocycles. The molecule has 6 heteroatoms. The number of carbonyl (C=O) groups is 1. The lowest BCUT2D eigenvalue weighted by atomic mass is 10.0. The highest BCUT2D eigenvalue weighted by atomic mass is 35.5. The molecule has 0 aliphatic heterocycles. The first-order valence-electron chi connectivity index (χ1n) is 8.11. The summed E-state index contributed by atoms with van der Waals surface area (Å²) in [4.78, 5) is 12.3. The number of carbonyl (C=O) groups excluding carboxylic acids is 1. The Morgan fingerprint density at radius 3 is 2.39 bits per heavy atom. The Labute approximate surface area is 177 Å². The Hall–Kier alpha value is -2.77. The van der Waals surface area contributed by atoms with Gasteiger partial charge >= 0.3 is 5.97 Å². The van der Waals surface area contributed by atoms with Gasteiger partial charge in [0.05, 0.1) is 27.3 Å². The van der Waals surface area contributed by atoms with Crippen molar-refractivity contribution in [2.45, 2.75) is 0 Å². The first-order chi connectivity index (χ1) is 13.5. The number of halogens is 3. The van der Waals surface area contributed by atoms with Crippen LogP contribution < -0.4 is 4.74 Å². The van der Waals surface area contributed by atoms with Crippen molar-refractivity contribution in [1.29, 1.82) is 5.26 Å². The van der Waals surface area contributed by atoms with Gasteiger partial charge in [0, 0.05) is 5.02 Å². The smallest absolute Gasteiger partial charge is 0.343 e. The molecule has 0 N–H and O–H groups in total. The lowest BCUT2D eigenvalue weighted by Crippen LogP contribution is -2.08. The zero-order valence-corrected chi connectivity index (χ0v) is 16.6. The second-order valence-electron chi connectivity index (χ2n) is 5.77. The summed E-state index contributed by atoms with van der Waals surface area (Å²) >= 11 is 17.8. The van der Waals surface area contributed by atoms with Crippen molar-refractivity contribution in [2.75, 3.05) is 0 Å². The molecule has 3 aromatic carbocycles. The molecule has 0 aliphatic rings. The molecule has 0 unspecified atom stereocenters. The summed E-state index contributed by atoms with van der Waals surface area (Å²) in [6.45, 7) is 0. The Morgan fingerprint density at radius 1 is 0.893 bits per heavy atom. The van der Waals surface area contributed by atoms with Crippen LogP contribution in [-0.2, 0) is 0 Å². The van der Waals surface area contributed by atoms with Crippen molar-refractivity contribution in [3.63, 3.8) is 0 Å². The summed E-state index contributed by atoms with van der Waals surface area (Å²) in [6.07, 6.45) is 1.70. The van der Waals surface area contributed by atoms with Gasteiger partial charge in [0.15, 0.2) is 0 Å². The van der Waals surface area contributed by atoms with Gasteiger partial charge in [-0.15, -0.1) is 0 Å². The summed E-state index contributed by atoms with van der Waals surface area (Å²) in [6, 6.07) is 20.6. The number of esters is 1. The third-order valence-electron chi connectivity index (χ3n) is 3.79. The zero-order chi connectivity index (χ0) is 20.1. The molecule has 0 aromatic heterocycles. The number of ether oxygens (including phenoxy) is 1. The van der Waals surface area contributed by atoms with Crippen LogP contribution in [0.15, 0.2) is 66.7 Å². The minimum atomic E-state index is -0.560. The standard InChI is InChI=1S/C22H12Cl3NO2/c23-18-5-2-4-15(11-18)17(13-26)9-14-3-1-6-19(10-14)28-22(27)16-7-8-20(24)21(25)12-16/h1-12H/b17-9-. The first-order valence-corrected chi connectivity index (χ1v) is 9.24. The number of hydrogen-bond donors (Lipinski definition) is 0. The molecule has 138 valence electrons. The van der Waals surface area contributed by atoms with Gasteiger partial charge in [-0.25, -0.2) is 4.79 Å². The van der Waals surface area contributed by atoms with E-state index in [4.69, 9.17) is 39.5 Å². The number of rotatable bonds is 4. The fraction of sp³-hybridized carbons (Fsp3) is 0. The predicted molar refractivity (Wildman–Crippen MR) is 113 cm³/mol. The third kappa shape index (κ3) is 4.94. The van der Waals surface area contributed by atoms with Gasteiger partial charge in [-0.1, -0.05) is 59.1 Å². The molecule has 0 bridgehead atoms. The maximum atomic E-state index is 12.3. The summed E-state index contributed by atoms with van der Waals surface area (Å²) in [5.41, 5.74) is 2.13. The zero-order valence-electron chi connectivity index (χ0n) is 14.3. The Bertz CT molecular complexity index is 1120. The van der Waals surface area contributed by atoms with Crippen LogP contribution >= 0.6 is 34.8 Å². The van der Waals surface area contributed by atoms with Gasteiger partial charge in [-0.05, 0) is 59.7 Å². The lowest BCUT2D eigenvalue weighted by Gasteiger charge is -2.06. The first kappa shape index (κ1) is 20.0. The highest BCUT2D eigenvalue weighted by Gasteiger charge is 2.11. The summed E-state index contributed by atoms with van der Waals surface area (Å²) in [7, 11) is 0. The molecule has 0 heterocycles. The van der Waals surface area contributed by atoms with Gasteiger partial charge in [0.25, 0.3) is 0 Å². The fourth-order valence-corrected chi connectivity index (χ4v) is 2.95. The van der Waals surface area contributed by atoms with Crippen LogP contribution in [0.5, 0.6) is 5.75 Å². The molecular formula is C22H12Cl3NO2. The summed E-state index contributed by atoms with van der Waals surface area (Å²) < 4.78 is 5.40. The maximum absolute atomic E-state index is 12.3. The van der Waals surface area contributed by atoms with Crippen LogP contribution in [0.4, 0.5) is 0 Å². The van der Waals surface area contributed by atoms with E-state index in [2.05, 4.69) is 6.07 Å². The second-order valence-corrected chi connectivity index (χ2v) is 7.02. The van der Waals surface area contributed by atoms with Crippen molar-refractivity contribution >= 4 is 52.4 Å². The molecule has 3 aromatic rings. The van der Waals surface area contributed by atoms with Crippen molar-refractivity contribution in [1.82, 2.24) is 0 Å². The van der Waals surface area contributed by atoms with Gasteiger partial charge in [0.2, 0.25) is 0 Å². The van der Waals surface area contributed by atoms with Crippen molar-refractivity contribution in [3.8, 4) is 11.8 Å². The largest absolute Gasteiger partial charge is 0.423 e. The van der Waals surface area contributed by atoms with Crippen LogP contribution in [0.1, 0.15) is 21.5 Å². The average Bonchev–Trinajstić information content (AvgIpc) is 2.68. The maximum Gasteiger partial charge on any atom is 0.343 e. The van der Waals surface area contributed by atoms with E-state index >= 15 is 0 Å². The lowest BCUT2D eigenvalue weighted by molar-refractivity contribution is 0.0735. The SMILES string of the molecule is N#C/C(=C/c1cccc(OC(=O)c2ccc(Cl)c(Cl)c2)c1)c1cccc(Cl)c1. The molecule has 0 radical (unpaired) electrons. The molecule has 3 rings (SSSR count). The minimum Gasteiger partial charge on any atom is -0.423 e. The molecule has 0 fully saturated rings. The van der Waals surface area contributed by atoms with E-state index in [0.717, 1.165) is 0 Å². The van der Waals surface area contributed by atoms with E-state index in [1.807, 2.05) is 0 Å². The number of nitrogens with zero attached hydrogens (tertiary/aromatic N) is 1. The monoisotopic (exact) mass is 427 g/mol. The quantitative estimate of drug-likeness (QED) is 0.196. The summed E-state index contributed by atoms with van der Waals surface area (Å²) in [5, 5.41) is 10.6. The van der Waals surface area contributed by atoms with Crippen LogP contribution in [0.25, 0.3) is 11.6 Å². The Morgan fingerprint density at radius 2 is 1.68 bits per heavy atom. The van der Waals surface area contributed by atoms with Crippen LogP contribution in [0.3, 0.4) is 0 Å².